The standard InChI is InChI=1S/C12H24N2O2.ClH/c1-7(2)10(13)11(15)14-8-6-9(16-5)12(8,3)4;/h7-10H,6,13H2,1-5H3,(H,14,15);1H/t8?,9?,10-;/m1./s1. The number of nitrogens with two attached hydrogens (primary N) is 1. The molecule has 1 aliphatic carbocycles. The van der Waals surface area contributed by atoms with Gasteiger partial charge in [-0.3, -0.25) is 4.79 Å². The topological polar surface area (TPSA) is 64.3 Å². The molecule has 1 aliphatic rings. The highest BCUT2D eigenvalue weighted by Gasteiger charge is 2.49. The third-order valence-electron chi connectivity index (χ3n) is 3.80. The van der Waals surface area contributed by atoms with Crippen molar-refractivity contribution in [2.75, 3.05) is 7.11 Å². The first kappa shape index (κ1) is 16.7. The molecule has 102 valence electrons. The maximum atomic E-state index is 11.8. The van der Waals surface area contributed by atoms with Gasteiger partial charge in [-0.25, -0.2) is 0 Å². The first-order valence-corrected chi connectivity index (χ1v) is 5.89. The zero-order valence-electron chi connectivity index (χ0n) is 11.3. The summed E-state index contributed by atoms with van der Waals surface area (Å²) in [5.74, 6) is 0.115. The van der Waals surface area contributed by atoms with Crippen molar-refractivity contribution in [1.29, 1.82) is 0 Å². The van der Waals surface area contributed by atoms with E-state index in [1.54, 1.807) is 7.11 Å². The van der Waals surface area contributed by atoms with E-state index in [9.17, 15) is 4.79 Å². The summed E-state index contributed by atoms with van der Waals surface area (Å²) in [4.78, 5) is 11.8. The van der Waals surface area contributed by atoms with Crippen LogP contribution in [-0.2, 0) is 9.53 Å². The smallest absolute Gasteiger partial charge is 0.237 e. The molecule has 4 nitrogen and oxygen atoms in total. The van der Waals surface area contributed by atoms with E-state index < -0.39 is 6.04 Å². The van der Waals surface area contributed by atoms with Gasteiger partial charge < -0.3 is 15.8 Å². The SMILES string of the molecule is COC1CC(NC(=O)[C@H](N)C(C)C)C1(C)C.Cl. The summed E-state index contributed by atoms with van der Waals surface area (Å²) in [5, 5.41) is 3.01. The average molecular weight is 265 g/mol. The van der Waals surface area contributed by atoms with E-state index in [2.05, 4.69) is 19.2 Å². The van der Waals surface area contributed by atoms with Crippen LogP contribution in [0.2, 0.25) is 0 Å². The Bertz CT molecular complexity index is 269. The number of amides is 1. The number of carbonyl (C=O) groups is 1. The van der Waals surface area contributed by atoms with Crippen LogP contribution in [0.5, 0.6) is 0 Å². The molecule has 0 aliphatic heterocycles. The Morgan fingerprint density at radius 1 is 1.47 bits per heavy atom. The summed E-state index contributed by atoms with van der Waals surface area (Å²) in [6, 6.07) is -0.243. The lowest BCUT2D eigenvalue weighted by molar-refractivity contribution is -0.134. The lowest BCUT2D eigenvalue weighted by Crippen LogP contribution is -2.63. The molecule has 3 N–H and O–H groups in total. The number of carbonyl (C=O) groups excluding carboxylic acids is 1. The van der Waals surface area contributed by atoms with Crippen molar-refractivity contribution in [2.45, 2.75) is 52.3 Å². The average Bonchev–Trinajstić information content (AvgIpc) is 2.21. The van der Waals surface area contributed by atoms with Crippen molar-refractivity contribution >= 4 is 18.3 Å². The molecule has 3 atom stereocenters. The Hall–Kier alpha value is -0.320. The molecule has 0 aromatic carbocycles. The molecule has 1 fully saturated rings. The highest BCUT2D eigenvalue weighted by Crippen LogP contribution is 2.42. The molecule has 17 heavy (non-hydrogen) atoms. The first-order valence-electron chi connectivity index (χ1n) is 5.89. The Morgan fingerprint density at radius 2 is 2.00 bits per heavy atom. The second-order valence-electron chi connectivity index (χ2n) is 5.61. The van der Waals surface area contributed by atoms with Crippen LogP contribution in [0.25, 0.3) is 0 Å². The van der Waals surface area contributed by atoms with Crippen LogP contribution in [0, 0.1) is 11.3 Å². The van der Waals surface area contributed by atoms with Gasteiger partial charge in [0.05, 0.1) is 12.1 Å². The van der Waals surface area contributed by atoms with E-state index in [1.807, 2.05) is 13.8 Å². The van der Waals surface area contributed by atoms with Crippen LogP contribution in [0.3, 0.4) is 0 Å². The Kier molecular flexibility index (Phi) is 5.91. The van der Waals surface area contributed by atoms with Crippen molar-refractivity contribution in [2.24, 2.45) is 17.1 Å². The second kappa shape index (κ2) is 6.03. The quantitative estimate of drug-likeness (QED) is 0.805. The molecule has 5 heteroatoms. The van der Waals surface area contributed by atoms with Crippen LogP contribution < -0.4 is 11.1 Å². The zero-order chi connectivity index (χ0) is 12.5. The van der Waals surface area contributed by atoms with E-state index >= 15 is 0 Å². The first-order chi connectivity index (χ1) is 7.30. The van der Waals surface area contributed by atoms with Crippen molar-refractivity contribution in [3.05, 3.63) is 0 Å². The molecule has 0 aromatic rings. The molecule has 0 heterocycles. The Morgan fingerprint density at radius 3 is 2.35 bits per heavy atom. The number of halogens is 1. The second-order valence-corrected chi connectivity index (χ2v) is 5.61. The van der Waals surface area contributed by atoms with E-state index in [4.69, 9.17) is 10.5 Å². The van der Waals surface area contributed by atoms with Crippen LogP contribution in [0.15, 0.2) is 0 Å². The van der Waals surface area contributed by atoms with E-state index in [-0.39, 0.29) is 41.8 Å². The molecule has 0 aromatic heterocycles. The summed E-state index contributed by atoms with van der Waals surface area (Å²) < 4.78 is 5.34. The normalized spacial score (nSPS) is 27.9. The maximum Gasteiger partial charge on any atom is 0.237 e. The van der Waals surface area contributed by atoms with Gasteiger partial charge in [0, 0.05) is 18.6 Å². The molecule has 2 unspecified atom stereocenters. The van der Waals surface area contributed by atoms with Crippen molar-refractivity contribution in [1.82, 2.24) is 5.32 Å². The Labute approximate surface area is 110 Å². The predicted molar refractivity (Wildman–Crippen MR) is 71.2 cm³/mol. The van der Waals surface area contributed by atoms with E-state index in [1.165, 1.54) is 0 Å². The van der Waals surface area contributed by atoms with Gasteiger partial charge in [0.25, 0.3) is 0 Å². The van der Waals surface area contributed by atoms with Gasteiger partial charge in [-0.1, -0.05) is 27.7 Å². The number of ether oxygens (including phenoxy) is 1. The molecule has 1 rings (SSSR count). The fourth-order valence-corrected chi connectivity index (χ4v) is 2.10. The molecule has 0 spiro atoms. The van der Waals surface area contributed by atoms with Crippen LogP contribution in [0.1, 0.15) is 34.1 Å². The molecular weight excluding hydrogens is 240 g/mol. The monoisotopic (exact) mass is 264 g/mol. The van der Waals surface area contributed by atoms with Crippen molar-refractivity contribution in [3.8, 4) is 0 Å². The lowest BCUT2D eigenvalue weighted by atomic mass is 9.64. The number of methoxy groups -OCH3 is 1. The Balaban J connectivity index is 0.00000256. The minimum Gasteiger partial charge on any atom is -0.381 e. The number of rotatable bonds is 4. The number of nitrogens with one attached hydrogen (secondary N) is 1. The molecule has 0 bridgehead atoms. The van der Waals surface area contributed by atoms with Gasteiger partial charge >= 0.3 is 0 Å². The fourth-order valence-electron chi connectivity index (χ4n) is 2.10. The van der Waals surface area contributed by atoms with Gasteiger partial charge in [-0.15, -0.1) is 12.4 Å². The molecule has 1 amide bonds. The third kappa shape index (κ3) is 3.33. The fraction of sp³-hybridized carbons (Fsp3) is 0.917. The molecule has 1 saturated carbocycles. The summed E-state index contributed by atoms with van der Waals surface area (Å²) in [7, 11) is 1.71. The van der Waals surface area contributed by atoms with Crippen LogP contribution in [0.4, 0.5) is 0 Å². The van der Waals surface area contributed by atoms with Crippen molar-refractivity contribution in [3.63, 3.8) is 0 Å². The summed E-state index contributed by atoms with van der Waals surface area (Å²) in [5.41, 5.74) is 5.80. The van der Waals surface area contributed by atoms with Gasteiger partial charge in [0.15, 0.2) is 0 Å². The van der Waals surface area contributed by atoms with Gasteiger partial charge in [0.2, 0.25) is 5.91 Å². The number of hydrogen-bond donors (Lipinski definition) is 2. The maximum absolute atomic E-state index is 11.8. The minimum absolute atomic E-state index is 0. The van der Waals surface area contributed by atoms with Crippen LogP contribution >= 0.6 is 12.4 Å². The lowest BCUT2D eigenvalue weighted by Gasteiger charge is -2.51. The molecule has 0 saturated heterocycles. The van der Waals surface area contributed by atoms with Gasteiger partial charge in [-0.2, -0.15) is 0 Å². The minimum atomic E-state index is -0.419. The molecule has 0 radical (unpaired) electrons. The largest absolute Gasteiger partial charge is 0.381 e. The zero-order valence-corrected chi connectivity index (χ0v) is 12.1. The summed E-state index contributed by atoms with van der Waals surface area (Å²) >= 11 is 0. The van der Waals surface area contributed by atoms with Gasteiger partial charge in [0.1, 0.15) is 0 Å². The van der Waals surface area contributed by atoms with E-state index in [0.717, 1.165) is 6.42 Å². The predicted octanol–water partition coefficient (Wildman–Crippen LogP) is 1.32. The summed E-state index contributed by atoms with van der Waals surface area (Å²) in [6.07, 6.45) is 1.10. The highest BCUT2D eigenvalue weighted by atomic mass is 35.5. The molecular formula is C12H25ClN2O2. The number of hydrogen-bond acceptors (Lipinski definition) is 3. The van der Waals surface area contributed by atoms with Crippen molar-refractivity contribution < 1.29 is 9.53 Å². The van der Waals surface area contributed by atoms with E-state index in [0.29, 0.717) is 0 Å². The van der Waals surface area contributed by atoms with Crippen LogP contribution in [-0.4, -0.2) is 31.2 Å². The third-order valence-corrected chi connectivity index (χ3v) is 3.80. The highest BCUT2D eigenvalue weighted by molar-refractivity contribution is 5.85. The van der Waals surface area contributed by atoms with Gasteiger partial charge in [-0.05, 0) is 12.3 Å². The summed E-state index contributed by atoms with van der Waals surface area (Å²) in [6.45, 7) is 8.12.